The van der Waals surface area contributed by atoms with Crippen molar-refractivity contribution in [1.29, 1.82) is 0 Å². The summed E-state index contributed by atoms with van der Waals surface area (Å²) in [4.78, 5) is 24.7. The second-order valence-corrected chi connectivity index (χ2v) is 5.60. The summed E-state index contributed by atoms with van der Waals surface area (Å²) in [5.74, 6) is -0.194. The summed E-state index contributed by atoms with van der Waals surface area (Å²) in [6.07, 6.45) is 5.35. The largest absolute Gasteiger partial charge is 0.462 e. The first-order valence-corrected chi connectivity index (χ1v) is 7.67. The zero-order valence-electron chi connectivity index (χ0n) is 12.9. The molecule has 1 rings (SSSR count). The van der Waals surface area contributed by atoms with Gasteiger partial charge in [-0.1, -0.05) is 32.6 Å². The minimum atomic E-state index is -0.325. The Bertz CT molecular complexity index is 317. The number of carbonyl (C=O) groups is 2. The van der Waals surface area contributed by atoms with E-state index >= 15 is 0 Å². The molecule has 0 aromatic carbocycles. The van der Waals surface area contributed by atoms with Crippen LogP contribution in [-0.4, -0.2) is 42.3 Å². The number of esters is 1. The standard InChI is InChI=1S/C15H27NO4/c1-4-5-6-7-8-9-14(17)19-11-13-10-16(12(2)3)15(18)20-13/h12-13H,4-11H2,1-3H3. The van der Waals surface area contributed by atoms with E-state index in [4.69, 9.17) is 9.47 Å². The van der Waals surface area contributed by atoms with Crippen LogP contribution in [0.15, 0.2) is 0 Å². The Labute approximate surface area is 121 Å². The molecule has 0 spiro atoms. The summed E-state index contributed by atoms with van der Waals surface area (Å²) in [5, 5.41) is 0. The molecule has 116 valence electrons. The average Bonchev–Trinajstić information content (AvgIpc) is 2.77. The molecule has 1 fully saturated rings. The SMILES string of the molecule is CCCCCCCC(=O)OCC1CN(C(C)C)C(=O)O1. The zero-order valence-corrected chi connectivity index (χ0v) is 12.9. The van der Waals surface area contributed by atoms with Gasteiger partial charge in [-0.15, -0.1) is 0 Å². The average molecular weight is 285 g/mol. The molecular formula is C15H27NO4. The van der Waals surface area contributed by atoms with Gasteiger partial charge in [0.2, 0.25) is 0 Å². The highest BCUT2D eigenvalue weighted by Crippen LogP contribution is 2.15. The van der Waals surface area contributed by atoms with Crippen LogP contribution in [0.2, 0.25) is 0 Å². The third-order valence-electron chi connectivity index (χ3n) is 3.44. The Kier molecular flexibility index (Phi) is 7.41. The molecule has 5 heteroatoms. The van der Waals surface area contributed by atoms with Gasteiger partial charge in [0.1, 0.15) is 6.61 Å². The summed E-state index contributed by atoms with van der Waals surface area (Å²) in [7, 11) is 0. The summed E-state index contributed by atoms with van der Waals surface area (Å²) >= 11 is 0. The lowest BCUT2D eigenvalue weighted by molar-refractivity contribution is -0.146. The van der Waals surface area contributed by atoms with Gasteiger partial charge < -0.3 is 14.4 Å². The molecule has 0 N–H and O–H groups in total. The number of hydrogen-bond donors (Lipinski definition) is 0. The van der Waals surface area contributed by atoms with Crippen molar-refractivity contribution in [2.24, 2.45) is 0 Å². The van der Waals surface area contributed by atoms with Crippen LogP contribution >= 0.6 is 0 Å². The summed E-state index contributed by atoms with van der Waals surface area (Å²) in [5.41, 5.74) is 0. The van der Waals surface area contributed by atoms with Crippen LogP contribution in [0.25, 0.3) is 0 Å². The lowest BCUT2D eigenvalue weighted by atomic mass is 10.1. The van der Waals surface area contributed by atoms with Crippen LogP contribution in [0.1, 0.15) is 59.3 Å². The van der Waals surface area contributed by atoms with Gasteiger partial charge in [-0.3, -0.25) is 4.79 Å². The molecule has 0 aromatic heterocycles. The monoisotopic (exact) mass is 285 g/mol. The predicted octanol–water partition coefficient (Wildman–Crippen LogP) is 3.12. The first-order valence-electron chi connectivity index (χ1n) is 7.67. The van der Waals surface area contributed by atoms with Crippen molar-refractivity contribution in [3.8, 4) is 0 Å². The van der Waals surface area contributed by atoms with E-state index in [1.54, 1.807) is 4.90 Å². The lowest BCUT2D eigenvalue weighted by Crippen LogP contribution is -2.32. The number of rotatable bonds is 9. The summed E-state index contributed by atoms with van der Waals surface area (Å²) < 4.78 is 10.3. The van der Waals surface area contributed by atoms with Gasteiger partial charge in [-0.2, -0.15) is 0 Å². The van der Waals surface area contributed by atoms with Crippen LogP contribution < -0.4 is 0 Å². The van der Waals surface area contributed by atoms with Crippen molar-refractivity contribution in [2.45, 2.75) is 71.4 Å². The van der Waals surface area contributed by atoms with Crippen LogP contribution in [0.3, 0.4) is 0 Å². The van der Waals surface area contributed by atoms with Crippen molar-refractivity contribution >= 4 is 12.1 Å². The highest BCUT2D eigenvalue weighted by Gasteiger charge is 2.33. The Balaban J connectivity index is 2.11. The quantitative estimate of drug-likeness (QED) is 0.482. The molecule has 0 bridgehead atoms. The fraction of sp³-hybridized carbons (Fsp3) is 0.867. The molecule has 0 aliphatic carbocycles. The van der Waals surface area contributed by atoms with Gasteiger partial charge in [-0.05, 0) is 20.3 Å². The second-order valence-electron chi connectivity index (χ2n) is 5.60. The van der Waals surface area contributed by atoms with E-state index < -0.39 is 0 Å². The fourth-order valence-corrected chi connectivity index (χ4v) is 2.18. The van der Waals surface area contributed by atoms with Crippen molar-refractivity contribution in [2.75, 3.05) is 13.2 Å². The van der Waals surface area contributed by atoms with Crippen molar-refractivity contribution in [1.82, 2.24) is 4.90 Å². The van der Waals surface area contributed by atoms with Gasteiger partial charge in [0, 0.05) is 12.5 Å². The third-order valence-corrected chi connectivity index (χ3v) is 3.44. The Morgan fingerprint density at radius 2 is 2.05 bits per heavy atom. The Morgan fingerprint density at radius 1 is 1.35 bits per heavy atom. The molecule has 5 nitrogen and oxygen atoms in total. The smallest absolute Gasteiger partial charge is 0.410 e. The molecule has 0 saturated carbocycles. The number of unbranched alkanes of at least 4 members (excludes halogenated alkanes) is 4. The first kappa shape index (κ1) is 16.8. The third kappa shape index (κ3) is 5.80. The van der Waals surface area contributed by atoms with Crippen LogP contribution in [0.5, 0.6) is 0 Å². The van der Waals surface area contributed by atoms with Crippen molar-refractivity contribution in [3.05, 3.63) is 0 Å². The molecule has 1 amide bonds. The molecule has 0 radical (unpaired) electrons. The van der Waals surface area contributed by atoms with Crippen LogP contribution in [0.4, 0.5) is 4.79 Å². The van der Waals surface area contributed by atoms with Crippen molar-refractivity contribution in [3.63, 3.8) is 0 Å². The molecule has 20 heavy (non-hydrogen) atoms. The summed E-state index contributed by atoms with van der Waals surface area (Å²) in [6.45, 7) is 6.71. The minimum absolute atomic E-state index is 0.113. The molecule has 1 unspecified atom stereocenters. The van der Waals surface area contributed by atoms with E-state index in [9.17, 15) is 9.59 Å². The maximum atomic E-state index is 11.6. The molecule has 1 aliphatic heterocycles. The molecule has 1 heterocycles. The Morgan fingerprint density at radius 3 is 2.65 bits per heavy atom. The molecular weight excluding hydrogens is 258 g/mol. The predicted molar refractivity (Wildman–Crippen MR) is 76.4 cm³/mol. The topological polar surface area (TPSA) is 55.8 Å². The minimum Gasteiger partial charge on any atom is -0.462 e. The van der Waals surface area contributed by atoms with Gasteiger partial charge in [0.05, 0.1) is 6.54 Å². The van der Waals surface area contributed by atoms with Gasteiger partial charge in [0.15, 0.2) is 6.10 Å². The highest BCUT2D eigenvalue weighted by atomic mass is 16.6. The number of cyclic esters (lactones) is 1. The molecule has 1 aliphatic rings. The maximum absolute atomic E-state index is 11.6. The number of hydrogen-bond acceptors (Lipinski definition) is 4. The fourth-order valence-electron chi connectivity index (χ4n) is 2.18. The van der Waals surface area contributed by atoms with Gasteiger partial charge >= 0.3 is 12.1 Å². The van der Waals surface area contributed by atoms with E-state index in [2.05, 4.69) is 6.92 Å². The number of ether oxygens (including phenoxy) is 2. The lowest BCUT2D eigenvalue weighted by Gasteiger charge is -2.16. The summed E-state index contributed by atoms with van der Waals surface area (Å²) in [6, 6.07) is 0.113. The van der Waals surface area contributed by atoms with Gasteiger partial charge in [0.25, 0.3) is 0 Å². The molecule has 1 atom stereocenters. The maximum Gasteiger partial charge on any atom is 0.410 e. The number of carbonyl (C=O) groups excluding carboxylic acids is 2. The van der Waals surface area contributed by atoms with E-state index in [0.29, 0.717) is 13.0 Å². The number of amides is 1. The van der Waals surface area contributed by atoms with E-state index in [1.165, 1.54) is 19.3 Å². The van der Waals surface area contributed by atoms with E-state index in [0.717, 1.165) is 12.8 Å². The molecule has 0 aromatic rings. The van der Waals surface area contributed by atoms with Crippen molar-refractivity contribution < 1.29 is 19.1 Å². The molecule has 1 saturated heterocycles. The first-order chi connectivity index (χ1) is 9.54. The number of nitrogens with zero attached hydrogens (tertiary/aromatic N) is 1. The zero-order chi connectivity index (χ0) is 15.0. The second kappa shape index (κ2) is 8.82. The Hall–Kier alpha value is -1.26. The van der Waals surface area contributed by atoms with E-state index in [1.807, 2.05) is 13.8 Å². The highest BCUT2D eigenvalue weighted by molar-refractivity contribution is 5.71. The van der Waals surface area contributed by atoms with Crippen LogP contribution in [0, 0.1) is 0 Å². The van der Waals surface area contributed by atoms with Gasteiger partial charge in [-0.25, -0.2) is 4.79 Å². The van der Waals surface area contributed by atoms with Crippen LogP contribution in [-0.2, 0) is 14.3 Å². The van der Waals surface area contributed by atoms with E-state index in [-0.39, 0.29) is 30.8 Å². The normalized spacial score (nSPS) is 18.5.